The first kappa shape index (κ1) is 31.6. The van der Waals surface area contributed by atoms with Gasteiger partial charge >= 0.3 is 5.97 Å². The molecular weight excluding hydrogens is 426 g/mol. The van der Waals surface area contributed by atoms with Crippen LogP contribution in [0, 0.1) is 0 Å². The molecule has 0 radical (unpaired) electrons. The second-order valence-electron chi connectivity index (χ2n) is 9.47. The van der Waals surface area contributed by atoms with Gasteiger partial charge in [-0.15, -0.1) is 0 Å². The molecule has 1 atom stereocenters. The van der Waals surface area contributed by atoms with Crippen LogP contribution >= 0.6 is 0 Å². The third-order valence-electron chi connectivity index (χ3n) is 4.85. The SMILES string of the molecule is CC/C=C/C/C=C/C/C=C/C/C=C/C/C=C/CCCCCC(=O)OC(CC(=O)[O-])C[N+](C)(C)C. The van der Waals surface area contributed by atoms with Crippen LogP contribution in [0.3, 0.4) is 0 Å². The van der Waals surface area contributed by atoms with Gasteiger partial charge in [-0.2, -0.15) is 0 Å². The second kappa shape index (κ2) is 21.2. The van der Waals surface area contributed by atoms with Crippen molar-refractivity contribution in [2.45, 2.75) is 83.7 Å². The van der Waals surface area contributed by atoms with E-state index in [2.05, 4.69) is 67.7 Å². The molecule has 0 aliphatic carbocycles. The minimum absolute atomic E-state index is 0.259. The number of esters is 1. The van der Waals surface area contributed by atoms with Crippen molar-refractivity contribution in [2.75, 3.05) is 27.7 Å². The zero-order chi connectivity index (χ0) is 25.5. The van der Waals surface area contributed by atoms with Gasteiger partial charge in [-0.05, 0) is 51.4 Å². The van der Waals surface area contributed by atoms with Crippen LogP contribution in [0.1, 0.15) is 77.6 Å². The summed E-state index contributed by atoms with van der Waals surface area (Å²) in [4.78, 5) is 22.9. The zero-order valence-electron chi connectivity index (χ0n) is 21.9. The number of quaternary nitrogens is 1. The van der Waals surface area contributed by atoms with Crippen molar-refractivity contribution in [2.24, 2.45) is 0 Å². The molecular formula is C29H47NO4. The summed E-state index contributed by atoms with van der Waals surface area (Å²) in [5.74, 6) is -1.52. The van der Waals surface area contributed by atoms with E-state index in [9.17, 15) is 14.7 Å². The molecule has 5 nitrogen and oxygen atoms in total. The summed E-state index contributed by atoms with van der Waals surface area (Å²) in [5.41, 5.74) is 0. The molecule has 5 heteroatoms. The Labute approximate surface area is 208 Å². The maximum atomic E-state index is 12.0. The Morgan fingerprint density at radius 2 is 1.26 bits per heavy atom. The molecule has 0 amide bonds. The highest BCUT2D eigenvalue weighted by Gasteiger charge is 2.22. The minimum Gasteiger partial charge on any atom is -0.550 e. The van der Waals surface area contributed by atoms with Crippen LogP contribution in [0.15, 0.2) is 60.8 Å². The predicted octanol–water partition coefficient (Wildman–Crippen LogP) is 5.45. The van der Waals surface area contributed by atoms with Gasteiger partial charge in [0.15, 0.2) is 6.10 Å². The molecule has 0 aliphatic heterocycles. The number of allylic oxidation sites excluding steroid dienone is 10. The number of nitrogens with zero attached hydrogens (tertiary/aromatic N) is 1. The molecule has 0 N–H and O–H groups in total. The van der Waals surface area contributed by atoms with Gasteiger partial charge in [0.25, 0.3) is 0 Å². The summed E-state index contributed by atoms with van der Waals surface area (Å²) in [5, 5.41) is 10.9. The van der Waals surface area contributed by atoms with Crippen molar-refractivity contribution in [3.63, 3.8) is 0 Å². The van der Waals surface area contributed by atoms with E-state index in [1.165, 1.54) is 0 Å². The van der Waals surface area contributed by atoms with Gasteiger partial charge in [-0.1, -0.05) is 74.1 Å². The molecule has 0 bridgehead atoms. The molecule has 0 rings (SSSR count). The van der Waals surface area contributed by atoms with Crippen LogP contribution in [0.4, 0.5) is 0 Å². The van der Waals surface area contributed by atoms with Crippen LogP contribution in [0.5, 0.6) is 0 Å². The fraction of sp³-hybridized carbons (Fsp3) is 0.586. The number of likely N-dealkylation sites (N-methyl/N-ethyl adjacent to an activating group) is 1. The molecule has 0 aromatic rings. The maximum Gasteiger partial charge on any atom is 0.306 e. The highest BCUT2D eigenvalue weighted by atomic mass is 16.5. The molecule has 0 saturated carbocycles. The predicted molar refractivity (Wildman–Crippen MR) is 140 cm³/mol. The third-order valence-corrected chi connectivity index (χ3v) is 4.85. The zero-order valence-corrected chi connectivity index (χ0v) is 21.9. The Hall–Kier alpha value is -2.40. The smallest absolute Gasteiger partial charge is 0.306 e. The Kier molecular flexibility index (Phi) is 19.7. The number of ether oxygens (including phenoxy) is 1. The summed E-state index contributed by atoms with van der Waals surface area (Å²) in [7, 11) is 5.81. The third kappa shape index (κ3) is 24.2. The van der Waals surface area contributed by atoms with Crippen molar-refractivity contribution >= 4 is 11.9 Å². The molecule has 0 fully saturated rings. The van der Waals surface area contributed by atoms with Crippen LogP contribution in [0.2, 0.25) is 0 Å². The molecule has 1 unspecified atom stereocenters. The summed E-state index contributed by atoms with van der Waals surface area (Å²) in [6.45, 7) is 2.59. The topological polar surface area (TPSA) is 66.4 Å². The van der Waals surface area contributed by atoms with Gasteiger partial charge in [0.05, 0.1) is 21.1 Å². The van der Waals surface area contributed by atoms with Crippen LogP contribution in [-0.2, 0) is 14.3 Å². The quantitative estimate of drug-likeness (QED) is 0.102. The molecule has 34 heavy (non-hydrogen) atoms. The Morgan fingerprint density at radius 1 is 0.765 bits per heavy atom. The van der Waals surface area contributed by atoms with Gasteiger partial charge in [0.1, 0.15) is 6.54 Å². The first-order valence-corrected chi connectivity index (χ1v) is 12.7. The second-order valence-corrected chi connectivity index (χ2v) is 9.47. The Morgan fingerprint density at radius 3 is 1.74 bits per heavy atom. The van der Waals surface area contributed by atoms with Crippen molar-refractivity contribution in [1.82, 2.24) is 0 Å². The van der Waals surface area contributed by atoms with Gasteiger partial charge in [-0.3, -0.25) is 4.79 Å². The first-order valence-electron chi connectivity index (χ1n) is 12.7. The number of carbonyl (C=O) groups is 2. The molecule has 0 aromatic heterocycles. The van der Waals surface area contributed by atoms with Gasteiger partial charge < -0.3 is 19.1 Å². The number of hydrogen-bond donors (Lipinski definition) is 0. The van der Waals surface area contributed by atoms with E-state index >= 15 is 0 Å². The molecule has 192 valence electrons. The normalized spacial score (nSPS) is 13.8. The minimum atomic E-state index is -1.19. The summed E-state index contributed by atoms with van der Waals surface area (Å²) < 4.78 is 5.89. The van der Waals surface area contributed by atoms with E-state index in [-0.39, 0.29) is 12.4 Å². The lowest BCUT2D eigenvalue weighted by Gasteiger charge is -2.29. The maximum absolute atomic E-state index is 12.0. The van der Waals surface area contributed by atoms with Crippen molar-refractivity contribution in [1.29, 1.82) is 0 Å². The van der Waals surface area contributed by atoms with Crippen LogP contribution in [-0.4, -0.2) is 50.2 Å². The van der Waals surface area contributed by atoms with E-state index in [1.807, 2.05) is 21.1 Å². The Balaban J connectivity index is 3.79. The summed E-state index contributed by atoms with van der Waals surface area (Å²) in [6, 6.07) is 0. The largest absolute Gasteiger partial charge is 0.550 e. The van der Waals surface area contributed by atoms with E-state index in [4.69, 9.17) is 4.74 Å². The number of hydrogen-bond acceptors (Lipinski definition) is 4. The number of carboxylic acid groups (broad SMARTS) is 1. The number of carbonyl (C=O) groups excluding carboxylic acids is 2. The lowest BCUT2D eigenvalue weighted by Crippen LogP contribution is -2.45. The van der Waals surface area contributed by atoms with Gasteiger partial charge in [0, 0.05) is 18.8 Å². The van der Waals surface area contributed by atoms with Gasteiger partial charge in [0.2, 0.25) is 0 Å². The van der Waals surface area contributed by atoms with Crippen LogP contribution in [0.25, 0.3) is 0 Å². The standard InChI is InChI=1S/C29H47NO4/c1-5-6-7-8-9-10-11-12-13-14-15-16-17-18-19-20-21-22-23-24-29(33)34-27(25-28(31)32)26-30(2,3)4/h6-7,9-10,12-13,15-16,18-19,27H,5,8,11,14,17,20-26H2,1-4H3/b7-6+,10-9+,13-12+,16-15+,19-18+. The number of rotatable bonds is 20. The van der Waals surface area contributed by atoms with Gasteiger partial charge in [-0.25, -0.2) is 0 Å². The van der Waals surface area contributed by atoms with E-state index in [1.54, 1.807) is 0 Å². The van der Waals surface area contributed by atoms with Crippen molar-refractivity contribution in [3.8, 4) is 0 Å². The summed E-state index contributed by atoms with van der Waals surface area (Å²) in [6.07, 6.45) is 30.1. The molecule has 0 spiro atoms. The van der Waals surface area contributed by atoms with E-state index in [0.717, 1.165) is 57.8 Å². The average molecular weight is 474 g/mol. The average Bonchev–Trinajstić information content (AvgIpc) is 2.73. The number of carboxylic acids is 1. The molecule has 0 heterocycles. The highest BCUT2D eigenvalue weighted by molar-refractivity contribution is 5.70. The molecule has 0 aliphatic rings. The lowest BCUT2D eigenvalue weighted by atomic mass is 10.1. The fourth-order valence-corrected chi connectivity index (χ4v) is 3.26. The number of aliphatic carboxylic acids is 1. The van der Waals surface area contributed by atoms with E-state index < -0.39 is 12.1 Å². The summed E-state index contributed by atoms with van der Waals surface area (Å²) >= 11 is 0. The first-order chi connectivity index (χ1) is 16.2. The Bertz CT molecular complexity index is 681. The highest BCUT2D eigenvalue weighted by Crippen LogP contribution is 2.09. The van der Waals surface area contributed by atoms with Crippen LogP contribution < -0.4 is 5.11 Å². The van der Waals surface area contributed by atoms with Crippen molar-refractivity contribution in [3.05, 3.63) is 60.8 Å². The monoisotopic (exact) mass is 473 g/mol. The van der Waals surface area contributed by atoms with E-state index in [0.29, 0.717) is 17.4 Å². The number of unbranched alkanes of at least 4 members (excludes halogenated alkanes) is 3. The molecule has 0 aromatic carbocycles. The molecule has 0 saturated heterocycles. The lowest BCUT2D eigenvalue weighted by molar-refractivity contribution is -0.873. The van der Waals surface area contributed by atoms with Crippen molar-refractivity contribution < 1.29 is 23.9 Å². The fourth-order valence-electron chi connectivity index (χ4n) is 3.26.